The van der Waals surface area contributed by atoms with Crippen LogP contribution in [-0.4, -0.2) is 37.1 Å². The van der Waals surface area contributed by atoms with E-state index in [1.807, 2.05) is 13.9 Å². The molecule has 0 fully saturated rings. The smallest absolute Gasteiger partial charge is 0.310 e. The van der Waals surface area contributed by atoms with Gasteiger partial charge in [-0.1, -0.05) is 11.5 Å². The zero-order valence-electron chi connectivity index (χ0n) is 11.9. The summed E-state index contributed by atoms with van der Waals surface area (Å²) in [5.41, 5.74) is 4.01. The Morgan fingerprint density at radius 2 is 2.43 bits per heavy atom. The Balaban J connectivity index is 2.02. The molecule has 2 aromatic rings. The van der Waals surface area contributed by atoms with Crippen molar-refractivity contribution < 1.29 is 19.1 Å². The number of carbonyl (C=O) groups excluding carboxylic acids is 2. The van der Waals surface area contributed by atoms with Crippen molar-refractivity contribution in [2.45, 2.75) is 19.4 Å². The molecule has 3 rings (SSSR count). The molecule has 1 aromatic carbocycles. The fraction of sp³-hybridized carbons (Fsp3) is 0.357. The lowest BCUT2D eigenvalue weighted by atomic mass is 9.86. The van der Waals surface area contributed by atoms with Gasteiger partial charge in [-0.05, 0) is 12.0 Å². The van der Waals surface area contributed by atoms with Gasteiger partial charge in [0.15, 0.2) is 0 Å². The number of H-pyrrole nitrogens is 1. The molecule has 21 heavy (non-hydrogen) atoms. The van der Waals surface area contributed by atoms with E-state index in [0.29, 0.717) is 6.42 Å². The molecule has 0 saturated carbocycles. The highest BCUT2D eigenvalue weighted by molar-refractivity contribution is 6.38. The summed E-state index contributed by atoms with van der Waals surface area (Å²) in [4.78, 5) is 23.5. The van der Waals surface area contributed by atoms with Crippen molar-refractivity contribution in [2.24, 2.45) is 5.92 Å². The van der Waals surface area contributed by atoms with Crippen molar-refractivity contribution >= 4 is 36.2 Å². The molecule has 2 heterocycles. The van der Waals surface area contributed by atoms with E-state index in [1.165, 1.54) is 7.11 Å². The van der Waals surface area contributed by atoms with Gasteiger partial charge < -0.3 is 9.47 Å². The molecule has 1 atom stereocenters. The summed E-state index contributed by atoms with van der Waals surface area (Å²) in [5, 5.41) is 7.99. The highest BCUT2D eigenvalue weighted by Gasteiger charge is 2.29. The number of fused-ring (bicyclic) bond motifs is 3. The molecule has 1 aliphatic rings. The van der Waals surface area contributed by atoms with Gasteiger partial charge in [-0.25, -0.2) is 0 Å². The molecule has 0 bridgehead atoms. The third-order valence-electron chi connectivity index (χ3n) is 3.94. The van der Waals surface area contributed by atoms with Crippen LogP contribution in [0, 0.1) is 5.92 Å². The number of ether oxygens (including phenoxy) is 2. The van der Waals surface area contributed by atoms with Crippen molar-refractivity contribution in [3.05, 3.63) is 23.4 Å². The Morgan fingerprint density at radius 1 is 1.62 bits per heavy atom. The number of esters is 2. The van der Waals surface area contributed by atoms with Gasteiger partial charge in [-0.2, -0.15) is 5.10 Å². The molecule has 0 amide bonds. The molecule has 0 aliphatic carbocycles. The van der Waals surface area contributed by atoms with Crippen LogP contribution in [0.15, 0.2) is 12.3 Å². The molecule has 1 N–H and O–H groups in total. The third-order valence-corrected chi connectivity index (χ3v) is 3.94. The first-order valence-electron chi connectivity index (χ1n) is 6.78. The number of nitrogens with zero attached hydrogens (tertiary/aromatic N) is 1. The van der Waals surface area contributed by atoms with Crippen LogP contribution in [-0.2, 0) is 32.1 Å². The van der Waals surface area contributed by atoms with E-state index < -0.39 is 11.9 Å². The quantitative estimate of drug-likeness (QED) is 0.600. The molecule has 0 radical (unpaired) electrons. The summed E-state index contributed by atoms with van der Waals surface area (Å²) in [5.74, 6) is -1.25. The van der Waals surface area contributed by atoms with E-state index in [-0.39, 0.29) is 19.0 Å². The number of hydrogen-bond donors (Lipinski definition) is 1. The van der Waals surface area contributed by atoms with E-state index in [0.717, 1.165) is 27.5 Å². The lowest BCUT2D eigenvalue weighted by molar-refractivity contribution is -0.154. The predicted octanol–water partition coefficient (Wildman–Crippen LogP) is -0.400. The van der Waals surface area contributed by atoms with Gasteiger partial charge in [0, 0.05) is 10.9 Å². The largest absolute Gasteiger partial charge is 0.469 e. The monoisotopic (exact) mass is 286 g/mol. The third kappa shape index (κ3) is 2.39. The van der Waals surface area contributed by atoms with Crippen molar-refractivity contribution in [2.75, 3.05) is 7.11 Å². The lowest BCUT2D eigenvalue weighted by Crippen LogP contribution is -2.21. The maximum atomic E-state index is 12.0. The Labute approximate surface area is 122 Å². The SMILES string of the molecule is Bc1cc2c(c3cn[nH]c13)COC(=O)[C@H](CC(=O)OC)C2. The second-order valence-electron chi connectivity index (χ2n) is 5.28. The number of methoxy groups -OCH3 is 1. The Kier molecular flexibility index (Phi) is 3.41. The van der Waals surface area contributed by atoms with Crippen molar-refractivity contribution in [1.82, 2.24) is 10.2 Å². The Morgan fingerprint density at radius 3 is 3.19 bits per heavy atom. The van der Waals surface area contributed by atoms with Crippen LogP contribution in [0.1, 0.15) is 17.5 Å². The molecule has 7 heteroatoms. The molecule has 6 nitrogen and oxygen atoms in total. The number of rotatable bonds is 2. The van der Waals surface area contributed by atoms with Crippen LogP contribution in [0.25, 0.3) is 10.9 Å². The average molecular weight is 286 g/mol. The van der Waals surface area contributed by atoms with E-state index in [4.69, 9.17) is 4.74 Å². The average Bonchev–Trinajstić information content (AvgIpc) is 2.90. The van der Waals surface area contributed by atoms with Crippen LogP contribution < -0.4 is 5.46 Å². The van der Waals surface area contributed by atoms with Crippen LogP contribution in [0.3, 0.4) is 0 Å². The number of carbonyl (C=O) groups is 2. The molecule has 1 aliphatic heterocycles. The van der Waals surface area contributed by atoms with Gasteiger partial charge in [0.05, 0.1) is 31.2 Å². The minimum absolute atomic E-state index is 0.0389. The van der Waals surface area contributed by atoms with Crippen LogP contribution in [0.5, 0.6) is 0 Å². The van der Waals surface area contributed by atoms with Crippen LogP contribution in [0.4, 0.5) is 0 Å². The molecule has 0 spiro atoms. The highest BCUT2D eigenvalue weighted by atomic mass is 16.5. The topological polar surface area (TPSA) is 81.3 Å². The van der Waals surface area contributed by atoms with E-state index in [9.17, 15) is 9.59 Å². The number of nitrogens with one attached hydrogen (secondary N) is 1. The zero-order valence-corrected chi connectivity index (χ0v) is 11.9. The fourth-order valence-electron chi connectivity index (χ4n) is 2.81. The summed E-state index contributed by atoms with van der Waals surface area (Å²) in [6, 6.07) is 2.03. The van der Waals surface area contributed by atoms with E-state index in [1.54, 1.807) is 6.20 Å². The molecular formula is C14H15BN2O4. The maximum absolute atomic E-state index is 12.0. The van der Waals surface area contributed by atoms with Crippen molar-refractivity contribution in [3.63, 3.8) is 0 Å². The number of aromatic amines is 1. The van der Waals surface area contributed by atoms with Gasteiger partial charge in [-0.15, -0.1) is 0 Å². The lowest BCUT2D eigenvalue weighted by Gasteiger charge is -2.11. The molecule has 0 unspecified atom stereocenters. The predicted molar refractivity (Wildman–Crippen MR) is 77.9 cm³/mol. The minimum atomic E-state index is -0.498. The number of aromatic nitrogens is 2. The molecule has 1 aromatic heterocycles. The molecule has 0 saturated heterocycles. The summed E-state index contributed by atoms with van der Waals surface area (Å²) in [6.45, 7) is 0.210. The van der Waals surface area contributed by atoms with Gasteiger partial charge in [0.2, 0.25) is 0 Å². The maximum Gasteiger partial charge on any atom is 0.310 e. The van der Waals surface area contributed by atoms with E-state index in [2.05, 4.69) is 14.9 Å². The standard InChI is InChI=1S/C14H15BN2O4/c1-20-12(18)4-8-2-7-3-11(15)13-9(5-16-17-13)10(7)6-21-14(8)19/h3,5,8H,2,4,6,15H2,1H3,(H,16,17)/t8-/m0/s1. The molecule has 108 valence electrons. The zero-order chi connectivity index (χ0) is 15.0. The first-order chi connectivity index (χ1) is 10.1. The summed E-state index contributed by atoms with van der Waals surface area (Å²) in [6.07, 6.45) is 2.26. The second kappa shape index (κ2) is 5.23. The summed E-state index contributed by atoms with van der Waals surface area (Å²) >= 11 is 0. The minimum Gasteiger partial charge on any atom is -0.469 e. The number of hydrogen-bond acceptors (Lipinski definition) is 5. The summed E-state index contributed by atoms with van der Waals surface area (Å²) < 4.78 is 9.97. The van der Waals surface area contributed by atoms with Gasteiger partial charge in [0.25, 0.3) is 0 Å². The van der Waals surface area contributed by atoms with Gasteiger partial charge in [0.1, 0.15) is 14.5 Å². The number of benzene rings is 1. The van der Waals surface area contributed by atoms with Crippen molar-refractivity contribution in [3.8, 4) is 0 Å². The van der Waals surface area contributed by atoms with Gasteiger partial charge in [-0.3, -0.25) is 14.7 Å². The van der Waals surface area contributed by atoms with Crippen molar-refractivity contribution in [1.29, 1.82) is 0 Å². The second-order valence-corrected chi connectivity index (χ2v) is 5.28. The Hall–Kier alpha value is -2.31. The van der Waals surface area contributed by atoms with Gasteiger partial charge >= 0.3 is 11.9 Å². The first-order valence-corrected chi connectivity index (χ1v) is 6.78. The van der Waals surface area contributed by atoms with Crippen LogP contribution >= 0.6 is 0 Å². The Bertz CT molecular complexity index is 725. The van der Waals surface area contributed by atoms with Crippen LogP contribution in [0.2, 0.25) is 0 Å². The van der Waals surface area contributed by atoms with E-state index >= 15 is 0 Å². The first kappa shape index (κ1) is 13.7. The number of cyclic esters (lactones) is 1. The summed E-state index contributed by atoms with van der Waals surface area (Å²) in [7, 11) is 3.31. The normalized spacial score (nSPS) is 18.0. The highest BCUT2D eigenvalue weighted by Crippen LogP contribution is 2.27. The molecular weight excluding hydrogens is 271 g/mol. The fourth-order valence-corrected chi connectivity index (χ4v) is 2.81.